The summed E-state index contributed by atoms with van der Waals surface area (Å²) in [7, 11) is 0. The maximum atomic E-state index is 13.6. The number of hydrogen-bond acceptors (Lipinski definition) is 3. The number of carbonyl (C=O) groups is 1. The number of esters is 1. The number of para-hydroxylation sites is 1. The Morgan fingerprint density at radius 2 is 1.87 bits per heavy atom. The molecule has 23 heavy (non-hydrogen) atoms. The molecule has 2 aromatic carbocycles. The Bertz CT molecular complexity index is 895. The van der Waals surface area contributed by atoms with Gasteiger partial charge in [0.2, 0.25) is 0 Å². The summed E-state index contributed by atoms with van der Waals surface area (Å²) >= 11 is 6.31. The summed E-state index contributed by atoms with van der Waals surface area (Å²) in [5, 5.41) is 1.40. The normalized spacial score (nSPS) is 10.7. The maximum absolute atomic E-state index is 13.6. The minimum absolute atomic E-state index is 0.110. The van der Waals surface area contributed by atoms with Gasteiger partial charge in [-0.15, -0.1) is 0 Å². The van der Waals surface area contributed by atoms with E-state index in [-0.39, 0.29) is 12.2 Å². The molecule has 5 heteroatoms. The predicted molar refractivity (Wildman–Crippen MR) is 87.0 cm³/mol. The molecule has 0 bridgehead atoms. The molecule has 0 radical (unpaired) electrons. The largest absolute Gasteiger partial charge is 0.455 e. The molecule has 3 nitrogen and oxygen atoms in total. The van der Waals surface area contributed by atoms with Crippen molar-refractivity contribution in [1.82, 2.24) is 4.98 Å². The summed E-state index contributed by atoms with van der Waals surface area (Å²) < 4.78 is 18.7. The number of pyridine rings is 1. The fraction of sp³-hybridized carbons (Fsp3) is 0.111. The second-order valence-electron chi connectivity index (χ2n) is 5.07. The second kappa shape index (κ2) is 6.34. The van der Waals surface area contributed by atoms with Crippen LogP contribution in [0.1, 0.15) is 21.6 Å². The lowest BCUT2D eigenvalue weighted by Crippen LogP contribution is -2.09. The van der Waals surface area contributed by atoms with Crippen molar-refractivity contribution in [3.63, 3.8) is 0 Å². The first-order valence-corrected chi connectivity index (χ1v) is 7.41. The van der Waals surface area contributed by atoms with Crippen molar-refractivity contribution in [2.75, 3.05) is 0 Å². The molecule has 0 atom stereocenters. The fourth-order valence-corrected chi connectivity index (χ4v) is 2.55. The quantitative estimate of drug-likeness (QED) is 0.654. The van der Waals surface area contributed by atoms with Gasteiger partial charge < -0.3 is 4.74 Å². The Kier molecular flexibility index (Phi) is 4.26. The summed E-state index contributed by atoms with van der Waals surface area (Å²) in [6, 6.07) is 13.2. The topological polar surface area (TPSA) is 39.2 Å². The Morgan fingerprint density at radius 3 is 2.65 bits per heavy atom. The molecule has 0 aliphatic heterocycles. The van der Waals surface area contributed by atoms with E-state index in [9.17, 15) is 9.18 Å². The van der Waals surface area contributed by atoms with Crippen molar-refractivity contribution < 1.29 is 13.9 Å². The molecule has 0 amide bonds. The van der Waals surface area contributed by atoms with Crippen LogP contribution in [0.2, 0.25) is 5.02 Å². The lowest BCUT2D eigenvalue weighted by atomic mass is 10.1. The molecule has 0 N–H and O–H groups in total. The standard InChI is InChI=1S/C18H13ClFNO2/c1-11-12-6-3-5-9-15(12)21-16(17(11)19)10-23-18(22)13-7-2-4-8-14(13)20/h2-9H,10H2,1H3. The first-order valence-electron chi connectivity index (χ1n) is 7.03. The molecule has 3 aromatic rings. The van der Waals surface area contributed by atoms with Crippen molar-refractivity contribution in [3.8, 4) is 0 Å². The Labute approximate surface area is 137 Å². The van der Waals surface area contributed by atoms with Crippen molar-refractivity contribution in [1.29, 1.82) is 0 Å². The average Bonchev–Trinajstić information content (AvgIpc) is 2.57. The Morgan fingerprint density at radius 1 is 1.17 bits per heavy atom. The van der Waals surface area contributed by atoms with E-state index in [1.54, 1.807) is 6.07 Å². The molecule has 0 saturated carbocycles. The number of aromatic nitrogens is 1. The van der Waals surface area contributed by atoms with E-state index in [1.165, 1.54) is 18.2 Å². The van der Waals surface area contributed by atoms with Gasteiger partial charge in [-0.1, -0.05) is 41.9 Å². The highest BCUT2D eigenvalue weighted by Crippen LogP contribution is 2.27. The molecule has 0 fully saturated rings. The van der Waals surface area contributed by atoms with Crippen LogP contribution in [0, 0.1) is 12.7 Å². The molecule has 1 heterocycles. The van der Waals surface area contributed by atoms with Gasteiger partial charge in [0.25, 0.3) is 0 Å². The molecule has 116 valence electrons. The summed E-state index contributed by atoms with van der Waals surface area (Å²) in [6.45, 7) is 1.77. The lowest BCUT2D eigenvalue weighted by molar-refractivity contribution is 0.0463. The van der Waals surface area contributed by atoms with Crippen molar-refractivity contribution in [3.05, 3.63) is 76.2 Å². The molecular formula is C18H13ClFNO2. The first-order chi connectivity index (χ1) is 11.1. The van der Waals surface area contributed by atoms with Gasteiger partial charge in [-0.3, -0.25) is 0 Å². The van der Waals surface area contributed by atoms with Gasteiger partial charge in [0.1, 0.15) is 12.4 Å². The molecule has 0 unspecified atom stereocenters. The molecule has 0 aliphatic rings. The second-order valence-corrected chi connectivity index (χ2v) is 5.45. The Balaban J connectivity index is 1.86. The van der Waals surface area contributed by atoms with Gasteiger partial charge in [0.05, 0.1) is 21.8 Å². The molecule has 3 rings (SSSR count). The zero-order valence-corrected chi connectivity index (χ0v) is 13.1. The van der Waals surface area contributed by atoms with Crippen LogP contribution in [0.5, 0.6) is 0 Å². The first kappa shape index (κ1) is 15.4. The van der Waals surface area contributed by atoms with Crippen LogP contribution in [0.15, 0.2) is 48.5 Å². The highest BCUT2D eigenvalue weighted by Gasteiger charge is 2.15. The summed E-state index contributed by atoms with van der Waals surface area (Å²) in [4.78, 5) is 16.4. The van der Waals surface area contributed by atoms with Crippen LogP contribution >= 0.6 is 11.6 Å². The van der Waals surface area contributed by atoms with Crippen molar-refractivity contribution in [2.24, 2.45) is 0 Å². The number of hydrogen-bond donors (Lipinski definition) is 0. The van der Waals surface area contributed by atoms with Crippen LogP contribution in [0.3, 0.4) is 0 Å². The monoisotopic (exact) mass is 329 g/mol. The molecule has 0 aliphatic carbocycles. The third-order valence-electron chi connectivity index (χ3n) is 3.58. The van der Waals surface area contributed by atoms with Gasteiger partial charge in [-0.25, -0.2) is 14.2 Å². The number of halogens is 2. The number of nitrogens with zero attached hydrogens (tertiary/aromatic N) is 1. The van der Waals surface area contributed by atoms with E-state index in [2.05, 4.69) is 4.98 Å². The van der Waals surface area contributed by atoms with Gasteiger partial charge in [0, 0.05) is 5.39 Å². The summed E-state index contributed by atoms with van der Waals surface area (Å²) in [6.07, 6.45) is 0. The number of aryl methyl sites for hydroxylation is 1. The van der Waals surface area contributed by atoms with E-state index in [1.807, 2.05) is 31.2 Å². The van der Waals surface area contributed by atoms with Crippen LogP contribution in [0.4, 0.5) is 4.39 Å². The number of rotatable bonds is 3. The molecule has 0 spiro atoms. The smallest absolute Gasteiger partial charge is 0.341 e. The van der Waals surface area contributed by atoms with Gasteiger partial charge in [-0.05, 0) is 30.7 Å². The van der Waals surface area contributed by atoms with Gasteiger partial charge in [-0.2, -0.15) is 0 Å². The third kappa shape index (κ3) is 3.03. The SMILES string of the molecule is Cc1c(Cl)c(COC(=O)c2ccccc2F)nc2ccccc12. The van der Waals surface area contributed by atoms with E-state index in [4.69, 9.17) is 16.3 Å². The van der Waals surface area contributed by atoms with E-state index in [0.29, 0.717) is 10.7 Å². The van der Waals surface area contributed by atoms with Crippen molar-refractivity contribution in [2.45, 2.75) is 13.5 Å². The number of fused-ring (bicyclic) bond motifs is 1. The highest BCUT2D eigenvalue weighted by molar-refractivity contribution is 6.32. The van der Waals surface area contributed by atoms with Crippen LogP contribution in [0.25, 0.3) is 10.9 Å². The summed E-state index contributed by atoms with van der Waals surface area (Å²) in [5.74, 6) is -1.36. The highest BCUT2D eigenvalue weighted by atomic mass is 35.5. The summed E-state index contributed by atoms with van der Waals surface area (Å²) in [5.41, 5.74) is 1.98. The van der Waals surface area contributed by atoms with Gasteiger partial charge in [0.15, 0.2) is 0 Å². The minimum atomic E-state index is -0.744. The number of carbonyl (C=O) groups excluding carboxylic acids is 1. The maximum Gasteiger partial charge on any atom is 0.341 e. The zero-order valence-electron chi connectivity index (χ0n) is 12.3. The minimum Gasteiger partial charge on any atom is -0.455 e. The Hall–Kier alpha value is -2.46. The van der Waals surface area contributed by atoms with Gasteiger partial charge >= 0.3 is 5.97 Å². The van der Waals surface area contributed by atoms with E-state index in [0.717, 1.165) is 16.5 Å². The fourth-order valence-electron chi connectivity index (χ4n) is 2.35. The molecular weight excluding hydrogens is 317 g/mol. The van der Waals surface area contributed by atoms with E-state index >= 15 is 0 Å². The van der Waals surface area contributed by atoms with Crippen LogP contribution < -0.4 is 0 Å². The lowest BCUT2D eigenvalue weighted by Gasteiger charge is -2.10. The molecule has 1 aromatic heterocycles. The molecule has 0 saturated heterocycles. The van der Waals surface area contributed by atoms with Crippen molar-refractivity contribution >= 4 is 28.5 Å². The van der Waals surface area contributed by atoms with Crippen LogP contribution in [-0.4, -0.2) is 11.0 Å². The predicted octanol–water partition coefficient (Wildman–Crippen LogP) is 4.69. The van der Waals surface area contributed by atoms with Crippen LogP contribution in [-0.2, 0) is 11.3 Å². The third-order valence-corrected chi connectivity index (χ3v) is 4.08. The van der Waals surface area contributed by atoms with E-state index < -0.39 is 11.8 Å². The average molecular weight is 330 g/mol. The number of ether oxygens (including phenoxy) is 1. The zero-order chi connectivity index (χ0) is 16.4. The number of benzene rings is 2.